The Bertz CT molecular complexity index is 1910. The van der Waals surface area contributed by atoms with E-state index in [0.717, 1.165) is 81.0 Å². The summed E-state index contributed by atoms with van der Waals surface area (Å²) in [6.45, 7) is 8.33. The molecule has 3 aromatic rings. The highest BCUT2D eigenvalue weighted by Gasteiger charge is 2.56. The van der Waals surface area contributed by atoms with Crippen LogP contribution in [0.4, 0.5) is 0 Å². The van der Waals surface area contributed by atoms with Crippen LogP contribution in [0.5, 0.6) is 40.2 Å². The van der Waals surface area contributed by atoms with Crippen LogP contribution >= 0.6 is 11.8 Å². The number of hydrogen-bond acceptors (Lipinski definition) is 12. The lowest BCUT2D eigenvalue weighted by molar-refractivity contribution is -0.941. The Balaban J connectivity index is 1.35. The third-order valence-corrected chi connectivity index (χ3v) is 13.0. The minimum Gasteiger partial charge on any atom is -0.504 e. The molecule has 13 heteroatoms. The number of hydrogen-bond donors (Lipinski definition) is 4. The van der Waals surface area contributed by atoms with Crippen LogP contribution in [0, 0.1) is 13.8 Å². The molecule has 2 saturated heterocycles. The van der Waals surface area contributed by atoms with Gasteiger partial charge in [-0.05, 0) is 37.1 Å². The fraction of sp³-hybridized carbons (Fsp3) is 0.500. The second-order valence-corrected chi connectivity index (χ2v) is 15.6. The van der Waals surface area contributed by atoms with Crippen molar-refractivity contribution in [3.63, 3.8) is 0 Å². The van der Waals surface area contributed by atoms with Crippen LogP contribution in [-0.4, -0.2) is 103 Å². The first-order valence-corrected chi connectivity index (χ1v) is 18.7. The number of aryl methyl sites for hydroxylation is 1. The maximum Gasteiger partial charge on any atom is 0.308 e. The fourth-order valence-corrected chi connectivity index (χ4v) is 11.1. The van der Waals surface area contributed by atoms with Crippen LogP contribution in [0.25, 0.3) is 0 Å². The molecule has 6 atom stereocenters. The highest BCUT2D eigenvalue weighted by molar-refractivity contribution is 7.99. The summed E-state index contributed by atoms with van der Waals surface area (Å²) < 4.78 is 30.8. The van der Waals surface area contributed by atoms with Gasteiger partial charge < -0.3 is 48.8 Å². The zero-order valence-electron chi connectivity index (χ0n) is 29.7. The van der Waals surface area contributed by atoms with Gasteiger partial charge in [-0.15, -0.1) is 11.8 Å². The van der Waals surface area contributed by atoms with Crippen LogP contribution in [0.2, 0.25) is 0 Å². The van der Waals surface area contributed by atoms with Gasteiger partial charge in [0.1, 0.15) is 18.4 Å². The number of methoxy groups -OCH3 is 1. The third kappa shape index (κ3) is 5.38. The highest BCUT2D eigenvalue weighted by Crippen LogP contribution is 2.62. The predicted molar refractivity (Wildman–Crippen MR) is 190 cm³/mol. The Morgan fingerprint density at radius 1 is 1.12 bits per heavy atom. The third-order valence-electron chi connectivity index (χ3n) is 11.6. The van der Waals surface area contributed by atoms with E-state index in [-0.39, 0.29) is 60.9 Å². The van der Waals surface area contributed by atoms with Crippen LogP contribution in [0.15, 0.2) is 24.3 Å². The number of thioether (sulfide) groups is 1. The maximum atomic E-state index is 12.8. The number of benzene rings is 3. The lowest BCUT2D eigenvalue weighted by Gasteiger charge is -2.54. The predicted octanol–water partition coefficient (Wildman–Crippen LogP) is 4.35. The molecule has 12 nitrogen and oxygen atoms in total. The number of aromatic hydroxyl groups is 2. The number of aliphatic hydroxyl groups excluding tert-OH is 1. The second-order valence-electron chi connectivity index (χ2n) is 14.5. The number of phenols is 2. The molecule has 6 aliphatic heterocycles. The molecule has 0 radical (unpaired) electrons. The van der Waals surface area contributed by atoms with Gasteiger partial charge >= 0.3 is 5.97 Å². The summed E-state index contributed by atoms with van der Waals surface area (Å²) in [5.41, 5.74) is 6.52. The summed E-state index contributed by atoms with van der Waals surface area (Å²) >= 11 is 1.82. The van der Waals surface area contributed by atoms with E-state index in [0.29, 0.717) is 29.5 Å². The second kappa shape index (κ2) is 13.0. The van der Waals surface area contributed by atoms with Crippen LogP contribution in [0.3, 0.4) is 0 Å². The van der Waals surface area contributed by atoms with Crippen molar-refractivity contribution < 1.29 is 48.3 Å². The molecular formula is C38H46N3O9S+. The van der Waals surface area contributed by atoms with Gasteiger partial charge in [0, 0.05) is 60.3 Å². The van der Waals surface area contributed by atoms with Gasteiger partial charge in [-0.3, -0.25) is 9.69 Å². The van der Waals surface area contributed by atoms with Gasteiger partial charge in [0.15, 0.2) is 34.5 Å². The van der Waals surface area contributed by atoms with E-state index in [4.69, 9.17) is 23.7 Å². The van der Waals surface area contributed by atoms with Crippen molar-refractivity contribution in [3.8, 4) is 40.2 Å². The van der Waals surface area contributed by atoms with E-state index in [1.165, 1.54) is 6.92 Å². The molecule has 2 bridgehead atoms. The summed E-state index contributed by atoms with van der Waals surface area (Å²) in [5.74, 6) is 3.20. The number of phenolic OH excluding ortho intramolecular Hbond substituents is 2. The number of nitrogens with one attached hydrogen (secondary N) is 1. The number of piperazine rings is 1. The number of esters is 1. The Morgan fingerprint density at radius 2 is 1.92 bits per heavy atom. The number of nitrogens with zero attached hydrogens (tertiary/aromatic N) is 2. The van der Waals surface area contributed by atoms with E-state index in [9.17, 15) is 20.1 Å². The molecular weight excluding hydrogens is 674 g/mol. The summed E-state index contributed by atoms with van der Waals surface area (Å²) in [6, 6.07) is 7.23. The maximum absolute atomic E-state index is 12.8. The number of aliphatic hydroxyl groups is 1. The number of carbonyl (C=O) groups excluding carboxylic acids is 1. The number of rotatable bonds is 6. The first-order valence-electron chi connectivity index (χ1n) is 17.6. The van der Waals surface area contributed by atoms with Crippen molar-refractivity contribution in [1.82, 2.24) is 10.2 Å². The zero-order chi connectivity index (χ0) is 35.8. The Hall–Kier alpha value is -3.88. The quantitative estimate of drug-likeness (QED) is 0.164. The minimum absolute atomic E-state index is 0.0410. The summed E-state index contributed by atoms with van der Waals surface area (Å²) in [6.07, 6.45) is 0.777. The number of ether oxygens (including phenoxy) is 5. The number of fused-ring (bicyclic) bond motifs is 3. The minimum atomic E-state index is -0.406. The summed E-state index contributed by atoms with van der Waals surface area (Å²) in [4.78, 5) is 15.4. The molecule has 0 aliphatic carbocycles. The molecule has 0 saturated carbocycles. The van der Waals surface area contributed by atoms with Crippen molar-refractivity contribution in [1.29, 1.82) is 0 Å². The molecule has 6 unspecified atom stereocenters. The molecule has 4 N–H and O–H groups in total. The Morgan fingerprint density at radius 3 is 2.69 bits per heavy atom. The topological polar surface area (TPSA) is 139 Å². The van der Waals surface area contributed by atoms with Crippen molar-refractivity contribution in [3.05, 3.63) is 63.2 Å². The molecule has 6 aliphatic rings. The van der Waals surface area contributed by atoms with E-state index in [1.807, 2.05) is 49.9 Å². The number of carbonyl (C=O) groups is 1. The summed E-state index contributed by atoms with van der Waals surface area (Å²) in [5, 5.41) is 35.6. The Kier molecular flexibility index (Phi) is 8.69. The normalized spacial score (nSPS) is 27.6. The SMILES string of the molecule is COc1c(C)ccc(C2NCCN3C4C[N+]5(C)CCc6cc(O)c(OCCO)cc6C5CSC(c5c(OC(C)=O)c(C)c6c(c54)OCO6)C23)c1O. The molecule has 9 rings (SSSR count). The van der Waals surface area contributed by atoms with Gasteiger partial charge in [-0.25, -0.2) is 0 Å². The van der Waals surface area contributed by atoms with Gasteiger partial charge in [-0.2, -0.15) is 0 Å². The number of quaternary nitrogens is 1. The van der Waals surface area contributed by atoms with E-state index >= 15 is 0 Å². The van der Waals surface area contributed by atoms with Gasteiger partial charge in [-0.1, -0.05) is 12.1 Å². The number of likely N-dealkylation sites (N-methyl/N-ethyl adjacent to an activating group) is 1. The zero-order valence-corrected chi connectivity index (χ0v) is 30.5. The molecule has 51 heavy (non-hydrogen) atoms. The van der Waals surface area contributed by atoms with Gasteiger partial charge in [0.2, 0.25) is 6.79 Å². The first kappa shape index (κ1) is 34.2. The van der Waals surface area contributed by atoms with Crippen molar-refractivity contribution >= 4 is 17.7 Å². The monoisotopic (exact) mass is 720 g/mol. The van der Waals surface area contributed by atoms with Gasteiger partial charge in [0.25, 0.3) is 0 Å². The van der Waals surface area contributed by atoms with Crippen molar-refractivity contribution in [2.24, 2.45) is 0 Å². The van der Waals surface area contributed by atoms with Crippen molar-refractivity contribution in [2.75, 3.05) is 66.1 Å². The smallest absolute Gasteiger partial charge is 0.308 e. The fourth-order valence-electron chi connectivity index (χ4n) is 9.29. The van der Waals surface area contributed by atoms with E-state index < -0.39 is 5.97 Å². The van der Waals surface area contributed by atoms with Crippen LogP contribution < -0.4 is 29.0 Å². The van der Waals surface area contributed by atoms with E-state index in [1.54, 1.807) is 7.11 Å². The van der Waals surface area contributed by atoms with Crippen molar-refractivity contribution in [2.45, 2.75) is 56.6 Å². The molecule has 272 valence electrons. The van der Waals surface area contributed by atoms with Gasteiger partial charge in [0.05, 0.1) is 56.9 Å². The Labute approximate surface area is 301 Å². The molecule has 3 aromatic carbocycles. The average Bonchev–Trinajstić information content (AvgIpc) is 3.62. The molecule has 2 fully saturated rings. The lowest BCUT2D eigenvalue weighted by Crippen LogP contribution is -2.61. The van der Waals surface area contributed by atoms with Crippen LogP contribution in [0.1, 0.15) is 69.2 Å². The standard InChI is InChI=1S/C38H45N3O9S/c1-19-6-7-23(33(45)34(19)46-5)31-32-38-30-29(37-36(48-18-49-37)20(2)35(30)50-21(3)43)25(40(32)10-9-39-31)16-41(4)11-8-22-14-27(44)28(47-13-12-42)15-24(22)26(41)17-51-38/h6-7,14-15,25-26,31-32,38-39,42H,8-13,16-18H2,1-5H3,(H-,44,45)/p+1. The summed E-state index contributed by atoms with van der Waals surface area (Å²) in [7, 11) is 3.90. The largest absolute Gasteiger partial charge is 0.504 e. The molecule has 0 spiro atoms. The lowest BCUT2D eigenvalue weighted by atomic mass is 9.78. The first-order chi connectivity index (χ1) is 24.6. The average molecular weight is 721 g/mol. The molecule has 0 aromatic heterocycles. The highest BCUT2D eigenvalue weighted by atomic mass is 32.2. The van der Waals surface area contributed by atoms with E-state index in [2.05, 4.69) is 17.3 Å². The molecule has 6 heterocycles. The molecule has 0 amide bonds. The van der Waals surface area contributed by atoms with Crippen LogP contribution in [-0.2, 0) is 11.2 Å².